The van der Waals surface area contributed by atoms with Gasteiger partial charge in [-0.2, -0.15) is 0 Å². The maximum absolute atomic E-state index is 5.57. The molecular formula is C16H26O. The smallest absolute Gasteiger partial charge is 0.0611 e. The molecule has 0 radical (unpaired) electrons. The molecule has 0 fully saturated rings. The van der Waals surface area contributed by atoms with Gasteiger partial charge in [-0.05, 0) is 25.3 Å². The van der Waals surface area contributed by atoms with Crippen molar-refractivity contribution in [3.05, 3.63) is 35.4 Å². The molecule has 1 aromatic carbocycles. The van der Waals surface area contributed by atoms with Crippen molar-refractivity contribution in [3.63, 3.8) is 0 Å². The van der Waals surface area contributed by atoms with E-state index in [1.807, 2.05) is 7.11 Å². The Labute approximate surface area is 106 Å². The summed E-state index contributed by atoms with van der Waals surface area (Å²) in [6, 6.07) is 8.74. The summed E-state index contributed by atoms with van der Waals surface area (Å²) in [5.41, 5.74) is 2.73. The molecule has 96 valence electrons. The second-order valence-corrected chi connectivity index (χ2v) is 4.90. The molecule has 1 nitrogen and oxygen atoms in total. The maximum Gasteiger partial charge on any atom is 0.0611 e. The number of aryl methyl sites for hydroxylation is 1. The lowest BCUT2D eigenvalue weighted by molar-refractivity contribution is 0.0931. The van der Waals surface area contributed by atoms with Gasteiger partial charge in [0.25, 0.3) is 0 Å². The van der Waals surface area contributed by atoms with Gasteiger partial charge >= 0.3 is 0 Å². The molecule has 0 heterocycles. The van der Waals surface area contributed by atoms with Gasteiger partial charge in [0.15, 0.2) is 0 Å². The van der Waals surface area contributed by atoms with Crippen LogP contribution in [0.15, 0.2) is 24.3 Å². The monoisotopic (exact) mass is 234 g/mol. The predicted octanol–water partition coefficient (Wildman–Crippen LogP) is 4.52. The van der Waals surface area contributed by atoms with Crippen molar-refractivity contribution in [1.82, 2.24) is 0 Å². The van der Waals surface area contributed by atoms with Crippen molar-refractivity contribution >= 4 is 0 Å². The average Bonchev–Trinajstić information content (AvgIpc) is 2.33. The Morgan fingerprint density at radius 2 is 2.00 bits per heavy atom. The third-order valence-electron chi connectivity index (χ3n) is 3.26. The highest BCUT2D eigenvalue weighted by Gasteiger charge is 2.08. The fourth-order valence-corrected chi connectivity index (χ4v) is 2.20. The summed E-state index contributed by atoms with van der Waals surface area (Å²) in [6.07, 6.45) is 7.89. The molecule has 0 saturated heterocycles. The summed E-state index contributed by atoms with van der Waals surface area (Å²) in [7, 11) is 1.83. The molecule has 1 rings (SSSR count). The first-order chi connectivity index (χ1) is 8.26. The molecule has 0 aliphatic carbocycles. The molecule has 0 amide bonds. The van der Waals surface area contributed by atoms with E-state index in [2.05, 4.69) is 38.1 Å². The molecule has 0 N–H and O–H groups in total. The van der Waals surface area contributed by atoms with Crippen LogP contribution in [0.25, 0.3) is 0 Å². The van der Waals surface area contributed by atoms with Crippen LogP contribution in [-0.4, -0.2) is 13.2 Å². The summed E-state index contributed by atoms with van der Waals surface area (Å²) in [5.74, 6) is 0. The molecule has 1 unspecified atom stereocenters. The Morgan fingerprint density at radius 3 is 2.65 bits per heavy atom. The van der Waals surface area contributed by atoms with Crippen molar-refractivity contribution < 1.29 is 4.74 Å². The lowest BCUT2D eigenvalue weighted by Gasteiger charge is -2.15. The Kier molecular flexibility index (Phi) is 6.95. The maximum atomic E-state index is 5.57. The Hall–Kier alpha value is -0.820. The molecular weight excluding hydrogens is 208 g/mol. The zero-order valence-corrected chi connectivity index (χ0v) is 11.5. The van der Waals surface area contributed by atoms with Gasteiger partial charge in [-0.1, -0.05) is 62.4 Å². The summed E-state index contributed by atoms with van der Waals surface area (Å²) >= 11 is 0. The van der Waals surface area contributed by atoms with Crippen LogP contribution in [0.3, 0.4) is 0 Å². The number of benzene rings is 1. The molecule has 0 spiro atoms. The highest BCUT2D eigenvalue weighted by molar-refractivity contribution is 5.22. The predicted molar refractivity (Wildman–Crippen MR) is 74.4 cm³/mol. The van der Waals surface area contributed by atoms with Gasteiger partial charge in [-0.3, -0.25) is 0 Å². The number of hydrogen-bond donors (Lipinski definition) is 0. The molecule has 1 atom stereocenters. The van der Waals surface area contributed by atoms with E-state index in [1.54, 1.807) is 0 Å². The van der Waals surface area contributed by atoms with E-state index >= 15 is 0 Å². The Bertz CT molecular complexity index is 306. The van der Waals surface area contributed by atoms with Crippen LogP contribution in [0.5, 0.6) is 0 Å². The molecule has 1 aromatic rings. The average molecular weight is 234 g/mol. The molecule has 1 heteroatoms. The van der Waals surface area contributed by atoms with E-state index in [0.717, 1.165) is 6.42 Å². The third-order valence-corrected chi connectivity index (χ3v) is 3.26. The number of unbranched alkanes of at least 4 members (excludes halogenated alkanes) is 3. The van der Waals surface area contributed by atoms with E-state index in [0.29, 0.717) is 6.10 Å². The van der Waals surface area contributed by atoms with E-state index in [1.165, 1.54) is 43.2 Å². The quantitative estimate of drug-likeness (QED) is 0.601. The fourth-order valence-electron chi connectivity index (χ4n) is 2.20. The van der Waals surface area contributed by atoms with Crippen molar-refractivity contribution in [2.24, 2.45) is 0 Å². The van der Waals surface area contributed by atoms with Crippen LogP contribution < -0.4 is 0 Å². The number of ether oxygens (including phenoxy) is 1. The first kappa shape index (κ1) is 14.2. The molecule has 0 bridgehead atoms. The van der Waals surface area contributed by atoms with Crippen molar-refractivity contribution in [3.8, 4) is 0 Å². The normalized spacial score (nSPS) is 12.6. The van der Waals surface area contributed by atoms with Gasteiger partial charge in [-0.25, -0.2) is 0 Å². The number of hydrogen-bond acceptors (Lipinski definition) is 1. The first-order valence-corrected chi connectivity index (χ1v) is 6.84. The molecule has 0 aromatic heterocycles. The molecule has 0 aliphatic rings. The third kappa shape index (κ3) is 5.88. The Morgan fingerprint density at radius 1 is 1.18 bits per heavy atom. The van der Waals surface area contributed by atoms with Crippen molar-refractivity contribution in [1.29, 1.82) is 0 Å². The Balaban J connectivity index is 2.35. The minimum absolute atomic E-state index is 0.383. The van der Waals surface area contributed by atoms with Gasteiger partial charge in [0.05, 0.1) is 6.10 Å². The largest absolute Gasteiger partial charge is 0.381 e. The fraction of sp³-hybridized carbons (Fsp3) is 0.625. The first-order valence-electron chi connectivity index (χ1n) is 6.84. The summed E-state index contributed by atoms with van der Waals surface area (Å²) in [5, 5.41) is 0. The summed E-state index contributed by atoms with van der Waals surface area (Å²) in [6.45, 7) is 4.40. The van der Waals surface area contributed by atoms with Crippen molar-refractivity contribution in [2.75, 3.05) is 7.11 Å². The lowest BCUT2D eigenvalue weighted by Crippen LogP contribution is -2.14. The zero-order valence-electron chi connectivity index (χ0n) is 11.5. The van der Waals surface area contributed by atoms with Crippen molar-refractivity contribution in [2.45, 2.75) is 58.5 Å². The number of rotatable bonds is 8. The molecule has 0 aliphatic heterocycles. The topological polar surface area (TPSA) is 9.23 Å². The van der Waals surface area contributed by atoms with Crippen LogP contribution in [0.1, 0.15) is 50.2 Å². The minimum Gasteiger partial charge on any atom is -0.381 e. The molecule has 17 heavy (non-hydrogen) atoms. The van der Waals surface area contributed by atoms with Gasteiger partial charge in [0.2, 0.25) is 0 Å². The van der Waals surface area contributed by atoms with Gasteiger partial charge in [0.1, 0.15) is 0 Å². The minimum atomic E-state index is 0.383. The van der Waals surface area contributed by atoms with E-state index in [-0.39, 0.29) is 0 Å². The highest BCUT2D eigenvalue weighted by Crippen LogP contribution is 2.14. The second-order valence-electron chi connectivity index (χ2n) is 4.90. The van der Waals surface area contributed by atoms with Gasteiger partial charge in [0, 0.05) is 7.11 Å². The van der Waals surface area contributed by atoms with Gasteiger partial charge in [-0.15, -0.1) is 0 Å². The van der Waals surface area contributed by atoms with E-state index in [9.17, 15) is 0 Å². The number of methoxy groups -OCH3 is 1. The highest BCUT2D eigenvalue weighted by atomic mass is 16.5. The van der Waals surface area contributed by atoms with Crippen LogP contribution in [0.4, 0.5) is 0 Å². The lowest BCUT2D eigenvalue weighted by atomic mass is 10.0. The van der Waals surface area contributed by atoms with Crippen LogP contribution in [0.2, 0.25) is 0 Å². The summed E-state index contributed by atoms with van der Waals surface area (Å²) < 4.78 is 5.57. The SMILES string of the molecule is CCCCCCC(Cc1cccc(C)c1)OC. The van der Waals surface area contributed by atoms with E-state index in [4.69, 9.17) is 4.74 Å². The van der Waals surface area contributed by atoms with Crippen LogP contribution in [-0.2, 0) is 11.2 Å². The van der Waals surface area contributed by atoms with E-state index < -0.39 is 0 Å². The second kappa shape index (κ2) is 8.30. The van der Waals surface area contributed by atoms with Crippen LogP contribution in [0, 0.1) is 6.92 Å². The summed E-state index contributed by atoms with van der Waals surface area (Å²) in [4.78, 5) is 0. The standard InChI is InChI=1S/C16H26O/c1-4-5-6-7-11-16(17-3)13-15-10-8-9-14(2)12-15/h8-10,12,16H,4-7,11,13H2,1-3H3. The molecule has 0 saturated carbocycles. The zero-order chi connectivity index (χ0) is 12.5. The van der Waals surface area contributed by atoms with Gasteiger partial charge < -0.3 is 4.74 Å². The van der Waals surface area contributed by atoms with Crippen LogP contribution >= 0.6 is 0 Å².